The number of amides is 1. The molecule has 2 aromatic rings. The van der Waals surface area contributed by atoms with Gasteiger partial charge in [-0.1, -0.05) is 49.9 Å². The maximum absolute atomic E-state index is 12.6. The van der Waals surface area contributed by atoms with Gasteiger partial charge in [0.05, 0.1) is 13.7 Å². The molecule has 2 rings (SSSR count). The fourth-order valence-electron chi connectivity index (χ4n) is 3.06. The Hall–Kier alpha value is -3.26. The average Bonchev–Trinajstić information content (AvgIpc) is 2.74. The Morgan fingerprint density at radius 2 is 1.90 bits per heavy atom. The molecule has 0 atom stereocenters. The molecule has 0 saturated heterocycles. The number of nitrogens with zero attached hydrogens (tertiary/aromatic N) is 1. The van der Waals surface area contributed by atoms with Crippen LogP contribution in [0.2, 0.25) is 0 Å². The van der Waals surface area contributed by atoms with Crippen molar-refractivity contribution in [1.82, 2.24) is 0 Å². The number of ether oxygens (including phenoxy) is 2. The number of hydrogen-bond acceptors (Lipinski definition) is 4. The summed E-state index contributed by atoms with van der Waals surface area (Å²) in [5.41, 5.74) is 3.46. The van der Waals surface area contributed by atoms with Crippen LogP contribution in [0.25, 0.3) is 6.08 Å². The summed E-state index contributed by atoms with van der Waals surface area (Å²) in [7, 11) is 1.57. The summed E-state index contributed by atoms with van der Waals surface area (Å²) in [6, 6.07) is 13.1. The minimum atomic E-state index is -0.445. The Labute approximate surface area is 179 Å². The smallest absolute Gasteiger partial charge is 0.266 e. The topological polar surface area (TPSA) is 71.3 Å². The minimum absolute atomic E-state index is 0.0188. The second kappa shape index (κ2) is 11.7. The number of rotatable bonds is 10. The van der Waals surface area contributed by atoms with Crippen LogP contribution >= 0.6 is 0 Å². The fraction of sp³-hybridized carbons (Fsp3) is 0.360. The molecular weight excluding hydrogens is 376 g/mol. The number of nitriles is 1. The molecule has 0 aliphatic carbocycles. The van der Waals surface area contributed by atoms with Gasteiger partial charge in [-0.15, -0.1) is 0 Å². The molecule has 0 saturated carbocycles. The van der Waals surface area contributed by atoms with Gasteiger partial charge >= 0.3 is 0 Å². The first-order valence-corrected chi connectivity index (χ1v) is 10.3. The number of benzene rings is 2. The number of methoxy groups -OCH3 is 1. The lowest BCUT2D eigenvalue weighted by molar-refractivity contribution is -0.112. The maximum Gasteiger partial charge on any atom is 0.266 e. The lowest BCUT2D eigenvalue weighted by atomic mass is 10.1. The molecule has 5 nitrogen and oxygen atoms in total. The SMILES string of the molecule is CCCCCCOc1ccc(/C=C(\C#N)C(=O)Nc2ccc(C)cc2C)cc1OC. The van der Waals surface area contributed by atoms with Crippen LogP contribution in [-0.2, 0) is 4.79 Å². The van der Waals surface area contributed by atoms with Gasteiger partial charge in [-0.25, -0.2) is 0 Å². The van der Waals surface area contributed by atoms with E-state index in [2.05, 4.69) is 12.2 Å². The van der Waals surface area contributed by atoms with Gasteiger partial charge in [0.2, 0.25) is 0 Å². The second-order valence-electron chi connectivity index (χ2n) is 7.26. The quantitative estimate of drug-likeness (QED) is 0.307. The van der Waals surface area contributed by atoms with Crippen molar-refractivity contribution in [3.05, 3.63) is 58.7 Å². The molecule has 5 heteroatoms. The summed E-state index contributed by atoms with van der Waals surface area (Å²) in [5, 5.41) is 12.3. The van der Waals surface area contributed by atoms with Gasteiger partial charge < -0.3 is 14.8 Å². The van der Waals surface area contributed by atoms with Crippen molar-refractivity contribution in [1.29, 1.82) is 5.26 Å². The van der Waals surface area contributed by atoms with E-state index in [1.165, 1.54) is 12.8 Å². The first-order valence-electron chi connectivity index (χ1n) is 10.3. The molecule has 0 spiro atoms. The number of aryl methyl sites for hydroxylation is 2. The molecule has 158 valence electrons. The summed E-state index contributed by atoms with van der Waals surface area (Å²) in [6.07, 6.45) is 6.07. The highest BCUT2D eigenvalue weighted by Crippen LogP contribution is 2.29. The predicted molar refractivity (Wildman–Crippen MR) is 121 cm³/mol. The van der Waals surface area contributed by atoms with E-state index in [9.17, 15) is 10.1 Å². The first-order chi connectivity index (χ1) is 14.5. The number of hydrogen-bond donors (Lipinski definition) is 1. The van der Waals surface area contributed by atoms with Crippen molar-refractivity contribution >= 4 is 17.7 Å². The highest BCUT2D eigenvalue weighted by atomic mass is 16.5. The molecule has 0 aromatic heterocycles. The van der Waals surface area contributed by atoms with E-state index in [-0.39, 0.29) is 5.57 Å². The Kier molecular flexibility index (Phi) is 8.96. The zero-order chi connectivity index (χ0) is 21.9. The minimum Gasteiger partial charge on any atom is -0.493 e. The van der Waals surface area contributed by atoms with Crippen LogP contribution in [0.1, 0.15) is 49.3 Å². The monoisotopic (exact) mass is 406 g/mol. The molecule has 0 aliphatic rings. The lowest BCUT2D eigenvalue weighted by Gasteiger charge is -2.12. The highest BCUT2D eigenvalue weighted by Gasteiger charge is 2.12. The van der Waals surface area contributed by atoms with Crippen molar-refractivity contribution in [2.24, 2.45) is 0 Å². The Balaban J connectivity index is 2.12. The molecule has 30 heavy (non-hydrogen) atoms. The van der Waals surface area contributed by atoms with Gasteiger partial charge in [-0.2, -0.15) is 5.26 Å². The van der Waals surface area contributed by atoms with Crippen LogP contribution in [-0.4, -0.2) is 19.6 Å². The number of unbranched alkanes of at least 4 members (excludes halogenated alkanes) is 3. The lowest BCUT2D eigenvalue weighted by Crippen LogP contribution is -2.14. The Morgan fingerprint density at radius 1 is 1.10 bits per heavy atom. The van der Waals surface area contributed by atoms with Crippen LogP contribution in [0.3, 0.4) is 0 Å². The largest absolute Gasteiger partial charge is 0.493 e. The van der Waals surface area contributed by atoms with E-state index >= 15 is 0 Å². The van der Waals surface area contributed by atoms with Crippen molar-refractivity contribution in [3.63, 3.8) is 0 Å². The van der Waals surface area contributed by atoms with E-state index in [0.717, 1.165) is 24.0 Å². The number of carbonyl (C=O) groups is 1. The predicted octanol–water partition coefficient (Wildman–Crippen LogP) is 5.82. The average molecular weight is 407 g/mol. The zero-order valence-electron chi connectivity index (χ0n) is 18.2. The highest BCUT2D eigenvalue weighted by molar-refractivity contribution is 6.10. The summed E-state index contributed by atoms with van der Waals surface area (Å²) in [5.74, 6) is 0.787. The summed E-state index contributed by atoms with van der Waals surface area (Å²) >= 11 is 0. The summed E-state index contributed by atoms with van der Waals surface area (Å²) in [4.78, 5) is 12.6. The van der Waals surface area contributed by atoms with Crippen molar-refractivity contribution in [2.45, 2.75) is 46.5 Å². The molecule has 0 radical (unpaired) electrons. The van der Waals surface area contributed by atoms with E-state index < -0.39 is 5.91 Å². The van der Waals surface area contributed by atoms with E-state index in [4.69, 9.17) is 9.47 Å². The molecular formula is C25H30N2O3. The number of anilines is 1. The van der Waals surface area contributed by atoms with Crippen LogP contribution in [0.4, 0.5) is 5.69 Å². The molecule has 0 fully saturated rings. The van der Waals surface area contributed by atoms with Gasteiger partial charge in [-0.3, -0.25) is 4.79 Å². The van der Waals surface area contributed by atoms with E-state index in [1.807, 2.05) is 50.2 Å². The van der Waals surface area contributed by atoms with Crippen molar-refractivity contribution < 1.29 is 14.3 Å². The molecule has 0 aliphatic heterocycles. The van der Waals surface area contributed by atoms with Crippen LogP contribution in [0, 0.1) is 25.2 Å². The third-order valence-electron chi connectivity index (χ3n) is 4.75. The third-order valence-corrected chi connectivity index (χ3v) is 4.75. The maximum atomic E-state index is 12.6. The van der Waals surface area contributed by atoms with Gasteiger partial charge in [0, 0.05) is 5.69 Å². The fourth-order valence-corrected chi connectivity index (χ4v) is 3.06. The first kappa shape index (κ1) is 23.0. The second-order valence-corrected chi connectivity index (χ2v) is 7.26. The van der Waals surface area contributed by atoms with Crippen LogP contribution in [0.15, 0.2) is 42.0 Å². The van der Waals surface area contributed by atoms with Crippen LogP contribution in [0.5, 0.6) is 11.5 Å². The molecule has 0 bridgehead atoms. The van der Waals surface area contributed by atoms with Crippen LogP contribution < -0.4 is 14.8 Å². The van der Waals surface area contributed by atoms with Gasteiger partial charge in [0.1, 0.15) is 11.6 Å². The molecule has 0 heterocycles. The Morgan fingerprint density at radius 3 is 2.57 bits per heavy atom. The molecule has 1 N–H and O–H groups in total. The standard InChI is InChI=1S/C25H30N2O3/c1-5-6-7-8-13-30-23-12-10-20(16-24(23)29-4)15-21(17-26)25(28)27-22-11-9-18(2)14-19(22)3/h9-12,14-16H,5-8,13H2,1-4H3,(H,27,28)/b21-15+. The summed E-state index contributed by atoms with van der Waals surface area (Å²) < 4.78 is 11.2. The number of nitrogens with one attached hydrogen (secondary N) is 1. The van der Waals surface area contributed by atoms with E-state index in [1.54, 1.807) is 19.3 Å². The molecule has 0 unspecified atom stereocenters. The number of carbonyl (C=O) groups excluding carboxylic acids is 1. The Bertz CT molecular complexity index is 942. The molecule has 1 amide bonds. The van der Waals surface area contributed by atoms with Gasteiger partial charge in [-0.05, 0) is 55.7 Å². The van der Waals surface area contributed by atoms with Crippen molar-refractivity contribution in [2.75, 3.05) is 19.0 Å². The third kappa shape index (κ3) is 6.66. The van der Waals surface area contributed by atoms with Gasteiger partial charge in [0.25, 0.3) is 5.91 Å². The summed E-state index contributed by atoms with van der Waals surface area (Å²) in [6.45, 7) is 6.72. The van der Waals surface area contributed by atoms with E-state index in [0.29, 0.717) is 29.4 Å². The van der Waals surface area contributed by atoms with Crippen molar-refractivity contribution in [3.8, 4) is 17.6 Å². The zero-order valence-corrected chi connectivity index (χ0v) is 18.2. The van der Waals surface area contributed by atoms with Gasteiger partial charge in [0.15, 0.2) is 11.5 Å². The normalized spacial score (nSPS) is 11.0. The molecule has 2 aromatic carbocycles.